The molecule has 1 aliphatic rings. The molecule has 12 nitrogen and oxygen atoms in total. The molecule has 1 amide bonds. The predicted octanol–water partition coefficient (Wildman–Crippen LogP) is 2.32. The topological polar surface area (TPSA) is 180 Å². The van der Waals surface area contributed by atoms with Gasteiger partial charge in [-0.05, 0) is 49.4 Å². The average molecular weight is 541 g/mol. The minimum absolute atomic E-state index is 0.00260. The normalized spacial score (nSPS) is 16.8. The number of carboxylic acids is 1. The zero-order valence-corrected chi connectivity index (χ0v) is 21.4. The quantitative estimate of drug-likeness (QED) is 0.211. The number of nitrogens with zero attached hydrogens (tertiary/aromatic N) is 3. The summed E-state index contributed by atoms with van der Waals surface area (Å²) in [5.41, 5.74) is 5.76. The minimum Gasteiger partial charge on any atom is -0.478 e. The lowest BCUT2D eigenvalue weighted by atomic mass is 10.1. The molecule has 0 spiro atoms. The van der Waals surface area contributed by atoms with Crippen molar-refractivity contribution in [2.75, 3.05) is 5.73 Å². The van der Waals surface area contributed by atoms with Crippen LogP contribution in [0, 0.1) is 0 Å². The number of nitrogens with one attached hydrogen (secondary N) is 2. The molecule has 0 saturated carbocycles. The number of amidine groups is 1. The van der Waals surface area contributed by atoms with E-state index in [0.717, 1.165) is 28.6 Å². The second-order valence-corrected chi connectivity index (χ2v) is 10.7. The van der Waals surface area contributed by atoms with Crippen LogP contribution >= 0.6 is 0 Å². The smallest absolute Gasteiger partial charge is 0.346 e. The van der Waals surface area contributed by atoms with Gasteiger partial charge in [0.25, 0.3) is 0 Å². The van der Waals surface area contributed by atoms with Crippen molar-refractivity contribution in [1.29, 1.82) is 0 Å². The van der Waals surface area contributed by atoms with Gasteiger partial charge in [0.05, 0.1) is 11.1 Å². The summed E-state index contributed by atoms with van der Waals surface area (Å²) in [4.78, 5) is 37.2. The number of H-pyrrole nitrogens is 1. The van der Waals surface area contributed by atoms with Gasteiger partial charge in [0, 0.05) is 12.1 Å². The van der Waals surface area contributed by atoms with Gasteiger partial charge in [0.15, 0.2) is 11.8 Å². The zero-order valence-electron chi connectivity index (χ0n) is 20.6. The first-order chi connectivity index (χ1) is 18.1. The summed E-state index contributed by atoms with van der Waals surface area (Å²) in [5, 5.41) is 13.9. The Morgan fingerprint density at radius 1 is 1.24 bits per heavy atom. The second kappa shape index (κ2) is 11.0. The number of rotatable bonds is 11. The number of aromatic amines is 1. The Morgan fingerprint density at radius 3 is 2.53 bits per heavy atom. The van der Waals surface area contributed by atoms with Crippen LogP contribution in [0.15, 0.2) is 70.8 Å². The van der Waals surface area contributed by atoms with Crippen molar-refractivity contribution in [3.63, 3.8) is 0 Å². The molecule has 0 fully saturated rings. The summed E-state index contributed by atoms with van der Waals surface area (Å²) in [6, 6.07) is 15.4. The number of carboxylic acid groups (broad SMARTS) is 1. The third-order valence-corrected chi connectivity index (χ3v) is 7.78. The van der Waals surface area contributed by atoms with Gasteiger partial charge < -0.3 is 20.7 Å². The van der Waals surface area contributed by atoms with Crippen LogP contribution in [0.4, 0.5) is 5.95 Å². The van der Waals surface area contributed by atoms with E-state index in [9.17, 15) is 23.1 Å². The van der Waals surface area contributed by atoms with Crippen LogP contribution in [0.1, 0.15) is 31.9 Å². The van der Waals surface area contributed by atoms with E-state index in [-0.39, 0.29) is 23.6 Å². The Morgan fingerprint density at radius 2 is 1.92 bits per heavy atom. The van der Waals surface area contributed by atoms with Crippen molar-refractivity contribution >= 4 is 34.2 Å². The molecule has 1 aromatic heterocycles. The van der Waals surface area contributed by atoms with Crippen molar-refractivity contribution < 1.29 is 28.0 Å². The number of sulfonamides is 1. The number of nitrogen functional groups attached to an aromatic ring is 1. The van der Waals surface area contributed by atoms with Crippen molar-refractivity contribution in [1.82, 2.24) is 19.6 Å². The van der Waals surface area contributed by atoms with Gasteiger partial charge in [0.2, 0.25) is 22.1 Å². The second-order valence-electron chi connectivity index (χ2n) is 8.97. The fourth-order valence-electron chi connectivity index (χ4n) is 4.13. The molecule has 0 bridgehead atoms. The number of carbonyl (C=O) groups is 2. The molecule has 3 aromatic rings. The number of aromatic nitrogens is 2. The van der Waals surface area contributed by atoms with Crippen LogP contribution in [0.3, 0.4) is 0 Å². The van der Waals surface area contributed by atoms with Crippen molar-refractivity contribution in [3.8, 4) is 11.1 Å². The number of hydrogen-bond acceptors (Lipinski definition) is 8. The molecule has 2 unspecified atom stereocenters. The van der Waals surface area contributed by atoms with Crippen LogP contribution in [-0.2, 0) is 30.9 Å². The number of amides is 1. The van der Waals surface area contributed by atoms with E-state index in [1.54, 1.807) is 18.3 Å². The first-order valence-electron chi connectivity index (χ1n) is 11.8. The predicted molar refractivity (Wildman–Crippen MR) is 139 cm³/mol. The lowest BCUT2D eigenvalue weighted by molar-refractivity contribution is -0.151. The molecule has 0 saturated heterocycles. The van der Waals surface area contributed by atoms with Crippen LogP contribution in [-0.4, -0.2) is 58.4 Å². The highest BCUT2D eigenvalue weighted by Crippen LogP contribution is 2.25. The monoisotopic (exact) mass is 540 g/mol. The number of nitrogens with two attached hydrogens (primary N) is 1. The van der Waals surface area contributed by atoms with E-state index in [1.807, 2.05) is 30.3 Å². The highest BCUT2D eigenvalue weighted by molar-refractivity contribution is 7.89. The summed E-state index contributed by atoms with van der Waals surface area (Å²) in [6.07, 6.45) is 3.49. The van der Waals surface area contributed by atoms with Crippen LogP contribution in [0.25, 0.3) is 11.1 Å². The molecule has 2 heterocycles. The molecule has 200 valence electrons. The van der Waals surface area contributed by atoms with Gasteiger partial charge >= 0.3 is 5.97 Å². The lowest BCUT2D eigenvalue weighted by Gasteiger charge is -2.34. The Bertz CT molecular complexity index is 1420. The molecule has 0 aliphatic carbocycles. The van der Waals surface area contributed by atoms with Crippen LogP contribution < -0.4 is 10.5 Å². The van der Waals surface area contributed by atoms with Crippen molar-refractivity contribution in [2.24, 2.45) is 5.16 Å². The highest BCUT2D eigenvalue weighted by atomic mass is 32.2. The van der Waals surface area contributed by atoms with E-state index in [4.69, 9.17) is 10.6 Å². The van der Waals surface area contributed by atoms with Gasteiger partial charge in [-0.2, -0.15) is 4.72 Å². The number of imidazole rings is 1. The molecule has 2 atom stereocenters. The highest BCUT2D eigenvalue weighted by Gasteiger charge is 2.47. The lowest BCUT2D eigenvalue weighted by Crippen LogP contribution is -2.64. The Labute approximate surface area is 219 Å². The molecule has 38 heavy (non-hydrogen) atoms. The molecule has 13 heteroatoms. The summed E-state index contributed by atoms with van der Waals surface area (Å²) in [6.45, 7) is 1.08. The Kier molecular flexibility index (Phi) is 7.78. The van der Waals surface area contributed by atoms with Gasteiger partial charge in [0.1, 0.15) is 6.10 Å². The van der Waals surface area contributed by atoms with E-state index < -0.39 is 27.8 Å². The number of anilines is 1. The third kappa shape index (κ3) is 5.84. The van der Waals surface area contributed by atoms with E-state index in [0.29, 0.717) is 25.2 Å². The minimum atomic E-state index is -4.35. The number of carbonyl (C=O) groups excluding carboxylic acids is 1. The number of benzene rings is 2. The fraction of sp³-hybridized carbons (Fsp3) is 0.280. The Balaban J connectivity index is 1.45. The largest absolute Gasteiger partial charge is 0.478 e. The van der Waals surface area contributed by atoms with Gasteiger partial charge in [-0.15, -0.1) is 0 Å². The summed E-state index contributed by atoms with van der Waals surface area (Å²) >= 11 is 0. The maximum atomic E-state index is 13.2. The number of aryl methyl sites for hydroxylation is 1. The molecular formula is C25H28N6O6S. The first kappa shape index (κ1) is 26.8. The average Bonchev–Trinajstić information content (AvgIpc) is 3.53. The Hall–Kier alpha value is -4.23. The van der Waals surface area contributed by atoms with Gasteiger partial charge in [-0.25, -0.2) is 18.2 Å². The molecule has 1 aliphatic heterocycles. The molecule has 0 radical (unpaired) electrons. The summed E-state index contributed by atoms with van der Waals surface area (Å²) < 4.78 is 28.5. The zero-order chi connectivity index (χ0) is 27.3. The molecule has 4 rings (SSSR count). The molecular weight excluding hydrogens is 512 g/mol. The van der Waals surface area contributed by atoms with Crippen molar-refractivity contribution in [2.45, 2.75) is 49.3 Å². The van der Waals surface area contributed by atoms with Crippen molar-refractivity contribution in [3.05, 3.63) is 66.5 Å². The fourth-order valence-corrected chi connectivity index (χ4v) is 5.45. The summed E-state index contributed by atoms with van der Waals surface area (Å²) in [5.74, 6) is -1.26. The van der Waals surface area contributed by atoms with Gasteiger partial charge in [-0.1, -0.05) is 47.6 Å². The van der Waals surface area contributed by atoms with E-state index in [1.165, 1.54) is 12.1 Å². The standard InChI is InChI=1S/C25H28N6O6S/c1-25(23(33)34,30-38(35,36)21-12-10-18(11-13-21)17-6-3-2-4-7-17)31(16-32)22-14-20(37-29-22)9-5-8-19-15-27-24(26)28-19/h2-4,6-7,10-13,15-16,20,30H,5,8-9,14H2,1H3,(H,33,34)(H3,26,27,28). The van der Waals surface area contributed by atoms with Gasteiger partial charge in [-0.3, -0.25) is 9.69 Å². The number of hydrogen-bond donors (Lipinski definition) is 4. The first-order valence-corrected chi connectivity index (χ1v) is 13.3. The van der Waals surface area contributed by atoms with Crippen LogP contribution in [0.2, 0.25) is 0 Å². The maximum Gasteiger partial charge on any atom is 0.346 e. The van der Waals surface area contributed by atoms with Crippen LogP contribution in [0.5, 0.6) is 0 Å². The van der Waals surface area contributed by atoms with E-state index in [2.05, 4.69) is 19.8 Å². The number of oxime groups is 1. The SMILES string of the molecule is CC(NS(=O)(=O)c1ccc(-c2ccccc2)cc1)(C(=O)O)N(C=O)C1=NOC(CCCc2cnc(N)[nH]2)C1. The molecule has 5 N–H and O–H groups in total. The summed E-state index contributed by atoms with van der Waals surface area (Å²) in [7, 11) is -4.35. The third-order valence-electron chi connectivity index (χ3n) is 6.22. The molecule has 2 aromatic carbocycles. The number of aliphatic carboxylic acids is 1. The van der Waals surface area contributed by atoms with E-state index >= 15 is 0 Å². The maximum absolute atomic E-state index is 13.2.